The highest BCUT2D eigenvalue weighted by Crippen LogP contribution is 2.43. The standard InChI is InChI=1S/C26H20F2NOP/c27-26(28)20-16-17-24(29-18-20)25(30)19-31(21-10-4-1-5-11-21,22-12-6-2-7-13-22)23-14-8-3-9-15-23/h1-19,26H. The van der Waals surface area contributed by atoms with Crippen molar-refractivity contribution >= 4 is 34.4 Å². The average Bonchev–Trinajstić information content (AvgIpc) is 2.84. The lowest BCUT2D eigenvalue weighted by Crippen LogP contribution is -2.28. The fraction of sp³-hybridized carbons (Fsp3) is 0.0385. The van der Waals surface area contributed by atoms with Crippen molar-refractivity contribution < 1.29 is 13.6 Å². The Morgan fingerprint density at radius 2 is 1.16 bits per heavy atom. The van der Waals surface area contributed by atoms with Gasteiger partial charge >= 0.3 is 0 Å². The zero-order chi connectivity index (χ0) is 21.7. The molecule has 2 nitrogen and oxygen atoms in total. The second-order valence-corrected chi connectivity index (χ2v) is 10.3. The third-order valence-electron chi connectivity index (χ3n) is 5.09. The van der Waals surface area contributed by atoms with Crippen molar-refractivity contribution in [3.63, 3.8) is 0 Å². The first-order valence-electron chi connectivity index (χ1n) is 9.81. The molecule has 5 heteroatoms. The zero-order valence-electron chi connectivity index (χ0n) is 16.6. The highest BCUT2D eigenvalue weighted by atomic mass is 31.2. The van der Waals surface area contributed by atoms with Gasteiger partial charge in [-0.15, -0.1) is 0 Å². The summed E-state index contributed by atoms with van der Waals surface area (Å²) in [4.78, 5) is 17.4. The van der Waals surface area contributed by atoms with Crippen LogP contribution in [0.25, 0.3) is 0 Å². The summed E-state index contributed by atoms with van der Waals surface area (Å²) in [6.45, 7) is -2.47. The van der Waals surface area contributed by atoms with Gasteiger partial charge in [0.15, 0.2) is 0 Å². The van der Waals surface area contributed by atoms with Crippen molar-refractivity contribution in [2.24, 2.45) is 0 Å². The van der Waals surface area contributed by atoms with Crippen LogP contribution in [-0.2, 0) is 0 Å². The van der Waals surface area contributed by atoms with E-state index in [0.717, 1.165) is 22.1 Å². The first-order chi connectivity index (χ1) is 15.1. The lowest BCUT2D eigenvalue weighted by molar-refractivity contribution is 0.106. The summed E-state index contributed by atoms with van der Waals surface area (Å²) in [7, 11) is 0. The van der Waals surface area contributed by atoms with E-state index in [9.17, 15) is 13.6 Å². The molecule has 154 valence electrons. The maximum Gasteiger partial charge on any atom is 0.265 e. The quantitative estimate of drug-likeness (QED) is 0.318. The van der Waals surface area contributed by atoms with Gasteiger partial charge in [0.2, 0.25) is 5.78 Å². The van der Waals surface area contributed by atoms with Gasteiger partial charge in [0.1, 0.15) is 5.69 Å². The molecule has 0 saturated heterocycles. The predicted octanol–water partition coefficient (Wildman–Crippen LogP) is 5.00. The van der Waals surface area contributed by atoms with E-state index in [2.05, 4.69) is 4.98 Å². The molecule has 0 aliphatic rings. The normalized spacial score (nSPS) is 11.3. The number of Topliss-reactive ketones (excluding diaryl/α,β-unsaturated/α-hetero) is 1. The van der Waals surface area contributed by atoms with E-state index in [0.29, 0.717) is 0 Å². The minimum atomic E-state index is -2.62. The Morgan fingerprint density at radius 1 is 0.710 bits per heavy atom. The molecule has 3 aromatic carbocycles. The molecule has 0 atom stereocenters. The van der Waals surface area contributed by atoms with Crippen molar-refractivity contribution in [3.8, 4) is 0 Å². The molecule has 0 saturated carbocycles. The van der Waals surface area contributed by atoms with E-state index in [1.165, 1.54) is 12.1 Å². The number of ketones is 1. The first-order valence-corrected chi connectivity index (χ1v) is 11.7. The number of hydrogen-bond donors (Lipinski definition) is 0. The Bertz CT molecular complexity index is 1110. The second kappa shape index (κ2) is 9.20. The van der Waals surface area contributed by atoms with Crippen LogP contribution in [0.5, 0.6) is 0 Å². The van der Waals surface area contributed by atoms with Gasteiger partial charge in [-0.1, -0.05) is 91.0 Å². The van der Waals surface area contributed by atoms with Gasteiger partial charge in [0.05, 0.1) is 0 Å². The molecule has 0 bridgehead atoms. The van der Waals surface area contributed by atoms with Crippen LogP contribution in [0.1, 0.15) is 22.5 Å². The zero-order valence-corrected chi connectivity index (χ0v) is 17.5. The van der Waals surface area contributed by atoms with Gasteiger partial charge in [0.25, 0.3) is 6.43 Å². The maximum atomic E-state index is 13.4. The van der Waals surface area contributed by atoms with Crippen molar-refractivity contribution in [3.05, 3.63) is 121 Å². The van der Waals surface area contributed by atoms with Gasteiger partial charge in [-0.05, 0) is 40.7 Å². The number of pyridine rings is 1. The van der Waals surface area contributed by atoms with Crippen LogP contribution < -0.4 is 15.9 Å². The highest BCUT2D eigenvalue weighted by Gasteiger charge is 2.26. The lowest BCUT2D eigenvalue weighted by atomic mass is 10.2. The maximum absolute atomic E-state index is 13.4. The number of hydrogen-bond acceptors (Lipinski definition) is 2. The Morgan fingerprint density at radius 3 is 1.52 bits per heavy atom. The first kappa shape index (κ1) is 20.9. The predicted molar refractivity (Wildman–Crippen MR) is 125 cm³/mol. The molecule has 4 aromatic rings. The molecule has 0 amide bonds. The van der Waals surface area contributed by atoms with Crippen LogP contribution in [0, 0.1) is 0 Å². The van der Waals surface area contributed by atoms with Crippen molar-refractivity contribution in [1.29, 1.82) is 0 Å². The number of carbonyl (C=O) groups is 1. The van der Waals surface area contributed by atoms with Crippen molar-refractivity contribution in [1.82, 2.24) is 4.98 Å². The van der Waals surface area contributed by atoms with Crippen LogP contribution in [0.15, 0.2) is 109 Å². The number of halogens is 2. The van der Waals surface area contributed by atoms with Gasteiger partial charge < -0.3 is 0 Å². The third-order valence-corrected chi connectivity index (χ3v) is 9.05. The number of alkyl halides is 2. The fourth-order valence-corrected chi connectivity index (χ4v) is 7.34. The van der Waals surface area contributed by atoms with E-state index < -0.39 is 13.3 Å². The summed E-state index contributed by atoms with van der Waals surface area (Å²) in [6.07, 6.45) is -1.55. The number of nitrogens with zero attached hydrogens (tertiary/aromatic N) is 1. The van der Waals surface area contributed by atoms with E-state index in [-0.39, 0.29) is 17.0 Å². The van der Waals surface area contributed by atoms with Crippen molar-refractivity contribution in [2.45, 2.75) is 6.43 Å². The van der Waals surface area contributed by atoms with Crippen molar-refractivity contribution in [2.75, 3.05) is 0 Å². The molecule has 31 heavy (non-hydrogen) atoms. The highest BCUT2D eigenvalue weighted by molar-refractivity contribution is 7.95. The number of benzene rings is 3. The molecular formula is C26H20F2NOP. The Labute approximate surface area is 180 Å². The van der Waals surface area contributed by atoms with E-state index in [4.69, 9.17) is 0 Å². The van der Waals surface area contributed by atoms with Crippen LogP contribution in [-0.4, -0.2) is 16.6 Å². The molecule has 0 aliphatic carbocycles. The van der Waals surface area contributed by atoms with Gasteiger partial charge in [-0.2, -0.15) is 0 Å². The second-order valence-electron chi connectivity index (χ2n) is 7.00. The summed E-state index contributed by atoms with van der Waals surface area (Å²) in [6, 6.07) is 32.4. The molecule has 0 spiro atoms. The largest absolute Gasteiger partial charge is 0.287 e. The van der Waals surface area contributed by atoms with E-state index in [1.807, 2.05) is 91.0 Å². The smallest absolute Gasteiger partial charge is 0.265 e. The Hall–Kier alpha value is -3.36. The summed E-state index contributed by atoms with van der Waals surface area (Å²) in [5.74, 6) is 1.46. The average molecular weight is 431 g/mol. The van der Waals surface area contributed by atoms with E-state index in [1.54, 1.807) is 5.80 Å². The summed E-state index contributed by atoms with van der Waals surface area (Å²) in [5, 5.41) is 3.10. The van der Waals surface area contributed by atoms with Gasteiger partial charge in [-0.3, -0.25) is 9.78 Å². The fourth-order valence-electron chi connectivity index (χ4n) is 3.58. The number of carbonyl (C=O) groups excluding carboxylic acids is 1. The monoisotopic (exact) mass is 431 g/mol. The Kier molecular flexibility index (Phi) is 6.20. The van der Waals surface area contributed by atoms with E-state index >= 15 is 0 Å². The lowest BCUT2D eigenvalue weighted by Gasteiger charge is -2.28. The van der Waals surface area contributed by atoms with Gasteiger partial charge in [-0.25, -0.2) is 8.78 Å². The number of rotatable bonds is 6. The molecule has 0 radical (unpaired) electrons. The molecule has 4 rings (SSSR count). The molecule has 0 unspecified atom stereocenters. The van der Waals surface area contributed by atoms with Gasteiger partial charge in [0, 0.05) is 11.8 Å². The summed E-state index contributed by atoms with van der Waals surface area (Å²) < 4.78 is 25.8. The molecule has 0 aliphatic heterocycles. The molecule has 1 aromatic heterocycles. The third kappa shape index (κ3) is 4.26. The minimum Gasteiger partial charge on any atom is -0.287 e. The van der Waals surface area contributed by atoms with Crippen LogP contribution >= 0.6 is 6.89 Å². The minimum absolute atomic E-state index is 0.150. The van der Waals surface area contributed by atoms with Crippen LogP contribution in [0.3, 0.4) is 0 Å². The number of aromatic nitrogens is 1. The molecule has 0 N–H and O–H groups in total. The molecule has 0 fully saturated rings. The van der Waals surface area contributed by atoms with Crippen LogP contribution in [0.4, 0.5) is 8.78 Å². The molecular weight excluding hydrogens is 411 g/mol. The SMILES string of the molecule is O=C(C=P(c1ccccc1)(c1ccccc1)c1ccccc1)c1ccc(C(F)F)cn1. The molecule has 1 heterocycles. The Balaban J connectivity index is 1.99. The summed E-state index contributed by atoms with van der Waals surface area (Å²) in [5.41, 5.74) is -0.0524. The van der Waals surface area contributed by atoms with Crippen LogP contribution in [0.2, 0.25) is 0 Å². The topological polar surface area (TPSA) is 30.0 Å². The summed E-state index contributed by atoms with van der Waals surface area (Å²) >= 11 is 0.